The molecule has 12 heteroatoms. The number of carbonyl (C=O) groups excluding carboxylic acids is 1. The Bertz CT molecular complexity index is 1560. The summed E-state index contributed by atoms with van der Waals surface area (Å²) in [6.07, 6.45) is 1.14. The summed E-state index contributed by atoms with van der Waals surface area (Å²) in [5.74, 6) is -2.58. The van der Waals surface area contributed by atoms with Crippen LogP contribution in [0, 0.1) is 11.6 Å². The van der Waals surface area contributed by atoms with E-state index in [1.807, 2.05) is 18.7 Å². The van der Waals surface area contributed by atoms with Gasteiger partial charge >= 0.3 is 6.18 Å². The number of amides is 1. The Hall–Kier alpha value is -3.77. The first kappa shape index (κ1) is 31.6. The fourth-order valence-electron chi connectivity index (χ4n) is 6.20. The van der Waals surface area contributed by atoms with E-state index in [0.717, 1.165) is 37.9 Å². The van der Waals surface area contributed by atoms with Gasteiger partial charge in [0.2, 0.25) is 5.56 Å². The molecule has 1 saturated heterocycles. The molecule has 3 aromatic rings. The number of H-pyrrole nitrogens is 1. The number of anilines is 2. The van der Waals surface area contributed by atoms with Crippen molar-refractivity contribution < 1.29 is 26.7 Å². The van der Waals surface area contributed by atoms with Crippen LogP contribution in [-0.4, -0.2) is 42.1 Å². The molecule has 0 spiro atoms. The Morgan fingerprint density at radius 3 is 2.36 bits per heavy atom. The van der Waals surface area contributed by atoms with Crippen LogP contribution in [0.5, 0.6) is 0 Å². The van der Waals surface area contributed by atoms with Crippen molar-refractivity contribution >= 4 is 17.3 Å². The summed E-state index contributed by atoms with van der Waals surface area (Å²) in [5.41, 5.74) is -1.76. The lowest BCUT2D eigenvalue weighted by molar-refractivity contribution is -0.138. The molecule has 2 fully saturated rings. The number of halogens is 5. The van der Waals surface area contributed by atoms with E-state index in [0.29, 0.717) is 30.4 Å². The normalized spacial score (nSPS) is 19.7. The van der Waals surface area contributed by atoms with Crippen molar-refractivity contribution in [3.63, 3.8) is 0 Å². The molecular formula is C32H36F5N5O2. The molecule has 0 bridgehead atoms. The summed E-state index contributed by atoms with van der Waals surface area (Å²) < 4.78 is 71.3. The molecule has 236 valence electrons. The van der Waals surface area contributed by atoms with Gasteiger partial charge in [0.25, 0.3) is 5.91 Å². The second-order valence-electron chi connectivity index (χ2n) is 11.8. The zero-order chi connectivity index (χ0) is 31.6. The van der Waals surface area contributed by atoms with Crippen molar-refractivity contribution in [1.29, 1.82) is 0 Å². The van der Waals surface area contributed by atoms with Gasteiger partial charge in [0, 0.05) is 67.2 Å². The number of aromatic nitrogens is 1. The van der Waals surface area contributed by atoms with E-state index in [4.69, 9.17) is 0 Å². The second kappa shape index (κ2) is 13.1. The largest absolute Gasteiger partial charge is 0.417 e. The number of hydrogen-bond donors (Lipinski definition) is 4. The number of benzene rings is 2. The standard InChI is InChI=1S/C32H36F5N5O2/c1-18-16-42(17-19(2)40-18)29-9-8-20(11-28(29)41-31(44)24-15-39-30(43)12-25(24)32(35,36)37)23-10-21(26(33)13-27(23)34)14-38-22-6-4-3-5-7-22/h8-13,15,18-19,22,38,40H,3-7,14,16-17H2,1-2H3,(H,39,43)(H,41,44)/t18-,19+. The minimum Gasteiger partial charge on any atom is -0.367 e. The van der Waals surface area contributed by atoms with E-state index in [2.05, 4.69) is 20.9 Å². The van der Waals surface area contributed by atoms with Crippen molar-refractivity contribution in [2.45, 2.75) is 76.8 Å². The highest BCUT2D eigenvalue weighted by atomic mass is 19.4. The summed E-state index contributed by atoms with van der Waals surface area (Å²) in [6, 6.07) is 7.82. The minimum absolute atomic E-state index is 0.0757. The van der Waals surface area contributed by atoms with Crippen LogP contribution in [-0.2, 0) is 12.7 Å². The number of hydrogen-bond acceptors (Lipinski definition) is 5. The van der Waals surface area contributed by atoms with Gasteiger partial charge in [-0.1, -0.05) is 25.3 Å². The van der Waals surface area contributed by atoms with E-state index in [9.17, 15) is 27.2 Å². The highest BCUT2D eigenvalue weighted by Gasteiger charge is 2.36. The zero-order valence-corrected chi connectivity index (χ0v) is 24.6. The summed E-state index contributed by atoms with van der Waals surface area (Å²) in [4.78, 5) is 29.1. The predicted molar refractivity (Wildman–Crippen MR) is 160 cm³/mol. The predicted octanol–water partition coefficient (Wildman–Crippen LogP) is 6.20. The van der Waals surface area contributed by atoms with E-state index in [1.54, 1.807) is 12.1 Å². The quantitative estimate of drug-likeness (QED) is 0.237. The third kappa shape index (κ3) is 7.29. The maximum atomic E-state index is 15.2. The zero-order valence-electron chi connectivity index (χ0n) is 24.6. The summed E-state index contributed by atoms with van der Waals surface area (Å²) in [6.45, 7) is 5.28. The van der Waals surface area contributed by atoms with Crippen LogP contribution in [0.15, 0.2) is 47.4 Å². The van der Waals surface area contributed by atoms with Crippen LogP contribution in [0.25, 0.3) is 11.1 Å². The fraction of sp³-hybridized carbons (Fsp3) is 0.438. The van der Waals surface area contributed by atoms with Crippen LogP contribution in [0.1, 0.15) is 67.4 Å². The highest BCUT2D eigenvalue weighted by Crippen LogP contribution is 2.36. The van der Waals surface area contributed by atoms with E-state index in [1.165, 1.54) is 18.6 Å². The Labute approximate surface area is 252 Å². The van der Waals surface area contributed by atoms with Crippen molar-refractivity contribution in [2.75, 3.05) is 23.3 Å². The van der Waals surface area contributed by atoms with E-state index in [-0.39, 0.29) is 41.5 Å². The Kier molecular flexibility index (Phi) is 9.40. The molecule has 2 heterocycles. The average molecular weight is 618 g/mol. The molecule has 4 N–H and O–H groups in total. The number of nitrogens with one attached hydrogen (secondary N) is 4. The van der Waals surface area contributed by atoms with E-state index >= 15 is 4.39 Å². The van der Waals surface area contributed by atoms with Crippen LogP contribution in [0.4, 0.5) is 33.3 Å². The van der Waals surface area contributed by atoms with Crippen molar-refractivity contribution in [1.82, 2.24) is 15.6 Å². The van der Waals surface area contributed by atoms with Crippen molar-refractivity contribution in [2.24, 2.45) is 0 Å². The Morgan fingerprint density at radius 1 is 0.977 bits per heavy atom. The molecule has 1 saturated carbocycles. The van der Waals surface area contributed by atoms with Gasteiger partial charge in [-0.15, -0.1) is 0 Å². The molecule has 1 amide bonds. The lowest BCUT2D eigenvalue weighted by atomic mass is 9.95. The van der Waals surface area contributed by atoms with Gasteiger partial charge in [-0.2, -0.15) is 13.2 Å². The van der Waals surface area contributed by atoms with Gasteiger partial charge in [0.15, 0.2) is 0 Å². The highest BCUT2D eigenvalue weighted by molar-refractivity contribution is 6.07. The fourth-order valence-corrected chi connectivity index (χ4v) is 6.20. The number of alkyl halides is 3. The maximum Gasteiger partial charge on any atom is 0.417 e. The molecule has 1 aliphatic carbocycles. The maximum absolute atomic E-state index is 15.2. The summed E-state index contributed by atoms with van der Waals surface area (Å²) in [5, 5.41) is 9.35. The van der Waals surface area contributed by atoms with Gasteiger partial charge in [0.05, 0.1) is 22.5 Å². The third-order valence-corrected chi connectivity index (χ3v) is 8.25. The molecule has 2 aliphatic rings. The van der Waals surface area contributed by atoms with Crippen molar-refractivity contribution in [3.8, 4) is 11.1 Å². The Morgan fingerprint density at radius 2 is 1.68 bits per heavy atom. The molecule has 7 nitrogen and oxygen atoms in total. The van der Waals surface area contributed by atoms with Crippen LogP contribution in [0.2, 0.25) is 0 Å². The topological polar surface area (TPSA) is 89.3 Å². The van der Waals surface area contributed by atoms with Crippen LogP contribution >= 0.6 is 0 Å². The minimum atomic E-state index is -4.95. The van der Waals surface area contributed by atoms with Gasteiger partial charge in [0.1, 0.15) is 11.6 Å². The number of aromatic amines is 1. The number of pyridine rings is 1. The SMILES string of the molecule is C[C@@H]1CN(c2ccc(-c3cc(CNC4CCCCC4)c(F)cc3F)cc2NC(=O)c2c[nH]c(=O)cc2C(F)(F)F)C[C@H](C)N1. The first-order valence-electron chi connectivity index (χ1n) is 14.9. The molecule has 0 radical (unpaired) electrons. The lowest BCUT2D eigenvalue weighted by Gasteiger charge is -2.38. The summed E-state index contributed by atoms with van der Waals surface area (Å²) >= 11 is 0. The first-order chi connectivity index (χ1) is 20.9. The number of carbonyl (C=O) groups is 1. The number of rotatable bonds is 7. The molecule has 2 atom stereocenters. The lowest BCUT2D eigenvalue weighted by Crippen LogP contribution is -2.54. The third-order valence-electron chi connectivity index (χ3n) is 8.25. The van der Waals surface area contributed by atoms with E-state index < -0.39 is 40.4 Å². The molecule has 0 unspecified atom stereocenters. The van der Waals surface area contributed by atoms with Crippen LogP contribution in [0.3, 0.4) is 0 Å². The first-order valence-corrected chi connectivity index (χ1v) is 14.9. The average Bonchev–Trinajstić information content (AvgIpc) is 2.96. The monoisotopic (exact) mass is 617 g/mol. The molecule has 2 aromatic carbocycles. The van der Waals surface area contributed by atoms with Crippen LogP contribution < -0.4 is 26.4 Å². The smallest absolute Gasteiger partial charge is 0.367 e. The van der Waals surface area contributed by atoms with Gasteiger partial charge < -0.3 is 25.8 Å². The number of piperazine rings is 1. The Balaban J connectivity index is 1.52. The second-order valence-corrected chi connectivity index (χ2v) is 11.8. The molecular weight excluding hydrogens is 581 g/mol. The molecule has 1 aliphatic heterocycles. The van der Waals surface area contributed by atoms with Crippen molar-refractivity contribution in [3.05, 3.63) is 81.3 Å². The number of nitrogens with zero attached hydrogens (tertiary/aromatic N) is 1. The van der Waals surface area contributed by atoms with Gasteiger partial charge in [-0.05, 0) is 50.5 Å². The molecule has 1 aromatic heterocycles. The molecule has 44 heavy (non-hydrogen) atoms. The van der Waals surface area contributed by atoms with Gasteiger partial charge in [-0.25, -0.2) is 8.78 Å². The molecule has 5 rings (SSSR count). The summed E-state index contributed by atoms with van der Waals surface area (Å²) in [7, 11) is 0. The van der Waals surface area contributed by atoms with Gasteiger partial charge in [-0.3, -0.25) is 9.59 Å².